The molecule has 0 unspecified atom stereocenters. The molecule has 0 spiro atoms. The second-order valence-electron chi connectivity index (χ2n) is 6.73. The summed E-state index contributed by atoms with van der Waals surface area (Å²) in [5, 5.41) is 4.97. The molecular weight excluding hydrogens is 485 g/mol. The van der Waals surface area contributed by atoms with Crippen molar-refractivity contribution < 1.29 is 18.1 Å². The highest BCUT2D eigenvalue weighted by molar-refractivity contribution is 7.93. The summed E-state index contributed by atoms with van der Waals surface area (Å²) in [7, 11) is 0.221. The van der Waals surface area contributed by atoms with E-state index in [1.54, 1.807) is 23.5 Å². The highest BCUT2D eigenvalue weighted by Gasteiger charge is 2.22. The quantitative estimate of drug-likeness (QED) is 0.438. The van der Waals surface area contributed by atoms with E-state index in [9.17, 15) is 13.2 Å². The zero-order valence-electron chi connectivity index (χ0n) is 16.1. The number of carbonyl (C=O) groups excluding carboxylic acids is 1. The number of nitrogens with one attached hydrogen (secondary N) is 3. The summed E-state index contributed by atoms with van der Waals surface area (Å²) < 4.78 is 27.8. The monoisotopic (exact) mass is 504 g/mol. The number of anilines is 1. The summed E-state index contributed by atoms with van der Waals surface area (Å²) in [6.07, 6.45) is 0. The molecule has 0 fully saturated rings. The second kappa shape index (κ2) is 9.67. The summed E-state index contributed by atoms with van der Waals surface area (Å²) in [5.74, 6) is -0.222. The van der Waals surface area contributed by atoms with Gasteiger partial charge in [0.2, 0.25) is 0 Å². The lowest BCUT2D eigenvalue weighted by molar-refractivity contribution is -0.890. The Kier molecular flexibility index (Phi) is 7.43. The average molecular weight is 505 g/mol. The summed E-state index contributed by atoms with van der Waals surface area (Å²) in [4.78, 5) is 14.9. The highest BCUT2D eigenvalue weighted by atomic mass is 35.5. The Hall–Kier alpha value is -1.62. The average Bonchev–Trinajstić information content (AvgIpc) is 3.31. The van der Waals surface area contributed by atoms with Crippen LogP contribution in [0.25, 0.3) is 0 Å². The molecule has 0 radical (unpaired) electrons. The van der Waals surface area contributed by atoms with Crippen LogP contribution in [0.2, 0.25) is 8.67 Å². The molecule has 0 aliphatic heterocycles. The molecule has 1 atom stereocenters. The van der Waals surface area contributed by atoms with Crippen LogP contribution in [0, 0.1) is 0 Å². The Labute approximate surface area is 193 Å². The van der Waals surface area contributed by atoms with Crippen molar-refractivity contribution in [3.8, 4) is 0 Å². The number of likely N-dealkylation sites (N-methyl/N-ethyl adjacent to an activating group) is 1. The number of amides is 1. The molecule has 11 heteroatoms. The molecule has 30 heavy (non-hydrogen) atoms. The van der Waals surface area contributed by atoms with E-state index in [2.05, 4.69) is 16.1 Å². The van der Waals surface area contributed by atoms with E-state index in [0.29, 0.717) is 17.8 Å². The lowest BCUT2D eigenvalue weighted by Crippen LogP contribution is -3.06. The normalized spacial score (nSPS) is 12.7. The van der Waals surface area contributed by atoms with Gasteiger partial charge in [-0.15, -0.1) is 22.7 Å². The van der Waals surface area contributed by atoms with E-state index in [4.69, 9.17) is 23.2 Å². The topological polar surface area (TPSA) is 79.7 Å². The van der Waals surface area contributed by atoms with Gasteiger partial charge in [0, 0.05) is 11.3 Å². The Balaban J connectivity index is 1.65. The molecule has 0 aliphatic rings. The fourth-order valence-electron chi connectivity index (χ4n) is 2.78. The summed E-state index contributed by atoms with van der Waals surface area (Å²) in [5.41, 5.74) is 0.757. The number of sulfonamides is 1. The highest BCUT2D eigenvalue weighted by Crippen LogP contribution is 2.35. The van der Waals surface area contributed by atoms with Crippen molar-refractivity contribution in [3.05, 3.63) is 67.0 Å². The minimum absolute atomic E-state index is 0.0770. The molecule has 0 aliphatic carbocycles. The van der Waals surface area contributed by atoms with Gasteiger partial charge in [0.15, 0.2) is 0 Å². The number of hydrogen-bond acceptors (Lipinski definition) is 5. The second-order valence-corrected chi connectivity index (χ2v) is 11.6. The Morgan fingerprint density at radius 1 is 1.17 bits per heavy atom. The Morgan fingerprint density at radius 3 is 2.40 bits per heavy atom. The van der Waals surface area contributed by atoms with Crippen molar-refractivity contribution in [1.82, 2.24) is 5.32 Å². The van der Waals surface area contributed by atoms with Gasteiger partial charge in [0.05, 0.1) is 29.9 Å². The molecule has 0 saturated carbocycles. The van der Waals surface area contributed by atoms with Crippen LogP contribution in [-0.2, 0) is 10.0 Å². The Bertz CT molecular complexity index is 1110. The van der Waals surface area contributed by atoms with E-state index in [-0.39, 0.29) is 25.5 Å². The van der Waals surface area contributed by atoms with Gasteiger partial charge in [0.1, 0.15) is 15.3 Å². The summed E-state index contributed by atoms with van der Waals surface area (Å²) in [6, 6.07) is 11.7. The third-order valence-electron chi connectivity index (χ3n) is 4.36. The van der Waals surface area contributed by atoms with E-state index in [1.165, 1.54) is 28.0 Å². The van der Waals surface area contributed by atoms with Crippen molar-refractivity contribution in [2.75, 3.05) is 25.4 Å². The van der Waals surface area contributed by atoms with Crippen LogP contribution in [-0.4, -0.2) is 35.0 Å². The molecule has 0 saturated heterocycles. The Morgan fingerprint density at radius 2 is 1.87 bits per heavy atom. The molecule has 1 amide bonds. The molecule has 0 bridgehead atoms. The number of carbonyl (C=O) groups is 1. The first-order valence-corrected chi connectivity index (χ1v) is 12.8. The molecule has 2 heterocycles. The van der Waals surface area contributed by atoms with Gasteiger partial charge in [-0.2, -0.15) is 0 Å². The first kappa shape index (κ1) is 23.1. The fourth-order valence-corrected chi connectivity index (χ4v) is 6.95. The van der Waals surface area contributed by atoms with Crippen molar-refractivity contribution in [1.29, 1.82) is 0 Å². The summed E-state index contributed by atoms with van der Waals surface area (Å²) >= 11 is 14.4. The third-order valence-corrected chi connectivity index (χ3v) is 8.48. The number of benzene rings is 1. The van der Waals surface area contributed by atoms with Crippen LogP contribution in [0.5, 0.6) is 0 Å². The number of quaternary nitrogens is 1. The molecule has 3 rings (SSSR count). The van der Waals surface area contributed by atoms with Gasteiger partial charge < -0.3 is 10.2 Å². The zero-order valence-corrected chi connectivity index (χ0v) is 20.1. The maximum absolute atomic E-state index is 12.5. The SMILES string of the molecule is C[NH+](C)[C@@H](CNC(=O)c1ccc(NS(=O)(=O)c2cc(Cl)sc2Cl)cc1)c1cccs1. The standard InChI is InChI=1S/C19H19Cl2N3O3S3/c1-24(2)14(15-4-3-9-28-15)11-22-19(25)12-5-7-13(8-6-12)23-30(26,27)16-10-17(20)29-18(16)21/h3-10,14,23H,11H2,1-2H3,(H,22,25)/p+1/t14-/m0/s1. The number of hydrogen-bond donors (Lipinski definition) is 3. The number of thiophene rings is 2. The van der Waals surface area contributed by atoms with Crippen LogP contribution in [0.4, 0.5) is 5.69 Å². The number of halogens is 2. The first-order chi connectivity index (χ1) is 14.2. The van der Waals surface area contributed by atoms with Crippen LogP contribution >= 0.6 is 45.9 Å². The van der Waals surface area contributed by atoms with Gasteiger partial charge in [0.25, 0.3) is 15.9 Å². The van der Waals surface area contributed by atoms with E-state index in [1.807, 2.05) is 25.5 Å². The van der Waals surface area contributed by atoms with Crippen LogP contribution in [0.1, 0.15) is 21.3 Å². The minimum atomic E-state index is -3.87. The van der Waals surface area contributed by atoms with Crippen LogP contribution in [0.3, 0.4) is 0 Å². The van der Waals surface area contributed by atoms with Crippen molar-refractivity contribution in [2.45, 2.75) is 10.9 Å². The van der Waals surface area contributed by atoms with E-state index < -0.39 is 10.0 Å². The molecule has 160 valence electrons. The molecule has 6 nitrogen and oxygen atoms in total. The smallest absolute Gasteiger partial charge is 0.264 e. The molecule has 1 aromatic carbocycles. The molecule has 2 aromatic heterocycles. The third kappa shape index (κ3) is 5.54. The van der Waals surface area contributed by atoms with Crippen LogP contribution < -0.4 is 14.9 Å². The van der Waals surface area contributed by atoms with E-state index >= 15 is 0 Å². The van der Waals surface area contributed by atoms with Crippen molar-refractivity contribution in [2.24, 2.45) is 0 Å². The minimum Gasteiger partial charge on any atom is -0.346 e. The van der Waals surface area contributed by atoms with E-state index in [0.717, 1.165) is 11.3 Å². The van der Waals surface area contributed by atoms with Gasteiger partial charge in [-0.1, -0.05) is 29.3 Å². The number of rotatable bonds is 8. The maximum atomic E-state index is 12.5. The summed E-state index contributed by atoms with van der Waals surface area (Å²) in [6.45, 7) is 0.494. The predicted octanol–water partition coefficient (Wildman–Crippen LogP) is 3.53. The lowest BCUT2D eigenvalue weighted by Gasteiger charge is -2.20. The van der Waals surface area contributed by atoms with Gasteiger partial charge >= 0.3 is 0 Å². The lowest BCUT2D eigenvalue weighted by atomic mass is 10.1. The predicted molar refractivity (Wildman–Crippen MR) is 124 cm³/mol. The van der Waals surface area contributed by atoms with Gasteiger partial charge in [-0.05, 0) is 41.8 Å². The first-order valence-electron chi connectivity index (χ1n) is 8.86. The van der Waals surface area contributed by atoms with Crippen molar-refractivity contribution >= 4 is 67.5 Å². The van der Waals surface area contributed by atoms with Gasteiger partial charge in [-0.25, -0.2) is 8.42 Å². The molecule has 3 aromatic rings. The largest absolute Gasteiger partial charge is 0.346 e. The van der Waals surface area contributed by atoms with Gasteiger partial charge in [-0.3, -0.25) is 9.52 Å². The zero-order chi connectivity index (χ0) is 21.9. The molecule has 3 N–H and O–H groups in total. The van der Waals surface area contributed by atoms with Crippen LogP contribution in [0.15, 0.2) is 52.7 Å². The molecular formula is C19H20Cl2N3O3S3+. The maximum Gasteiger partial charge on any atom is 0.264 e. The fraction of sp³-hybridized carbons (Fsp3) is 0.211. The van der Waals surface area contributed by atoms with Crippen molar-refractivity contribution in [3.63, 3.8) is 0 Å².